The minimum absolute atomic E-state index is 0.154. The molecular weight excluding hydrogens is 636 g/mol. The van der Waals surface area contributed by atoms with E-state index in [1.807, 2.05) is 0 Å². The maximum absolute atomic E-state index is 15.2. The molecular formula is C36H31ClF8O. The van der Waals surface area contributed by atoms with Gasteiger partial charge < -0.3 is 4.74 Å². The molecule has 0 N–H and O–H groups in total. The zero-order valence-electron chi connectivity index (χ0n) is 24.9. The van der Waals surface area contributed by atoms with Crippen LogP contribution in [0.2, 0.25) is 5.02 Å². The highest BCUT2D eigenvalue weighted by atomic mass is 35.5. The van der Waals surface area contributed by atoms with Crippen LogP contribution < -0.4 is 4.74 Å². The molecule has 4 aromatic carbocycles. The molecule has 0 heterocycles. The topological polar surface area (TPSA) is 9.23 Å². The summed E-state index contributed by atoms with van der Waals surface area (Å²) in [6.07, 6.45) is 4.15. The van der Waals surface area contributed by atoms with Gasteiger partial charge in [0.2, 0.25) is 0 Å². The first-order valence-corrected chi connectivity index (χ1v) is 15.6. The Morgan fingerprint density at radius 3 is 1.76 bits per heavy atom. The number of rotatable bonds is 10. The van der Waals surface area contributed by atoms with Crippen molar-refractivity contribution in [2.75, 3.05) is 0 Å². The second-order valence-electron chi connectivity index (χ2n) is 11.8. The number of hydrogen-bond acceptors (Lipinski definition) is 1. The van der Waals surface area contributed by atoms with Crippen LogP contribution in [0, 0.1) is 40.8 Å². The van der Waals surface area contributed by atoms with Crippen LogP contribution >= 0.6 is 11.6 Å². The van der Waals surface area contributed by atoms with E-state index in [0.29, 0.717) is 24.1 Å². The molecule has 1 fully saturated rings. The van der Waals surface area contributed by atoms with Gasteiger partial charge in [0, 0.05) is 17.2 Å². The van der Waals surface area contributed by atoms with Crippen molar-refractivity contribution in [3.63, 3.8) is 0 Å². The number of halogens is 9. The van der Waals surface area contributed by atoms with Gasteiger partial charge in [0.15, 0.2) is 0 Å². The summed E-state index contributed by atoms with van der Waals surface area (Å²) in [6, 6.07) is 9.34. The molecule has 0 unspecified atom stereocenters. The van der Waals surface area contributed by atoms with Crippen LogP contribution in [0.5, 0.6) is 5.75 Å². The fraction of sp³-hybridized carbons (Fsp3) is 0.333. The van der Waals surface area contributed by atoms with E-state index in [0.717, 1.165) is 55.5 Å². The van der Waals surface area contributed by atoms with E-state index in [1.165, 1.54) is 37.8 Å². The van der Waals surface area contributed by atoms with Crippen LogP contribution in [0.25, 0.3) is 22.3 Å². The fourth-order valence-corrected chi connectivity index (χ4v) is 6.31. The molecule has 1 aliphatic rings. The summed E-state index contributed by atoms with van der Waals surface area (Å²) in [7, 11) is 0. The third kappa shape index (κ3) is 7.35. The summed E-state index contributed by atoms with van der Waals surface area (Å²) in [4.78, 5) is 0. The monoisotopic (exact) mass is 666 g/mol. The van der Waals surface area contributed by atoms with E-state index in [2.05, 4.69) is 11.7 Å². The zero-order valence-corrected chi connectivity index (χ0v) is 25.7. The normalized spacial score (nSPS) is 16.9. The quantitative estimate of drug-likeness (QED) is 0.0930. The molecule has 4 aromatic rings. The average molecular weight is 667 g/mol. The van der Waals surface area contributed by atoms with Crippen LogP contribution in [-0.2, 0) is 6.11 Å². The largest absolute Gasteiger partial charge is 0.432 e. The van der Waals surface area contributed by atoms with Crippen LogP contribution in [-0.4, -0.2) is 0 Å². The molecule has 1 nitrogen and oxygen atoms in total. The lowest BCUT2D eigenvalue weighted by Gasteiger charge is -2.29. The third-order valence-electron chi connectivity index (χ3n) is 8.65. The molecule has 0 aromatic heterocycles. The number of benzene rings is 4. The summed E-state index contributed by atoms with van der Waals surface area (Å²) in [6.45, 7) is 2.17. The Balaban J connectivity index is 1.31. The molecule has 0 spiro atoms. The zero-order chi connectivity index (χ0) is 33.2. The summed E-state index contributed by atoms with van der Waals surface area (Å²) >= 11 is 5.44. The van der Waals surface area contributed by atoms with Crippen LogP contribution in [0.4, 0.5) is 35.1 Å². The van der Waals surface area contributed by atoms with Gasteiger partial charge in [-0.1, -0.05) is 56.3 Å². The highest BCUT2D eigenvalue weighted by Gasteiger charge is 2.41. The van der Waals surface area contributed by atoms with Crippen molar-refractivity contribution < 1.29 is 39.9 Å². The van der Waals surface area contributed by atoms with E-state index in [4.69, 9.17) is 11.6 Å². The van der Waals surface area contributed by atoms with Gasteiger partial charge in [0.1, 0.15) is 51.2 Å². The summed E-state index contributed by atoms with van der Waals surface area (Å²) < 4.78 is 122. The van der Waals surface area contributed by atoms with E-state index >= 15 is 22.0 Å². The van der Waals surface area contributed by atoms with Crippen molar-refractivity contribution in [2.24, 2.45) is 5.92 Å². The average Bonchev–Trinajstić information content (AvgIpc) is 2.99. The maximum Gasteiger partial charge on any atom is 0.432 e. The number of ether oxygens (including phenoxy) is 1. The van der Waals surface area contributed by atoms with Gasteiger partial charge in [0.25, 0.3) is 0 Å². The molecule has 1 saturated carbocycles. The minimum atomic E-state index is -4.61. The number of alkyl halides is 2. The molecule has 244 valence electrons. The Hall–Kier alpha value is -3.59. The Labute approximate surface area is 267 Å². The Bertz CT molecular complexity index is 1670. The van der Waals surface area contributed by atoms with Gasteiger partial charge in [-0.15, -0.1) is 0 Å². The van der Waals surface area contributed by atoms with Crippen LogP contribution in [0.1, 0.15) is 75.3 Å². The van der Waals surface area contributed by atoms with Crippen molar-refractivity contribution in [3.05, 3.63) is 112 Å². The van der Waals surface area contributed by atoms with Crippen molar-refractivity contribution in [3.8, 4) is 28.0 Å². The molecule has 10 heteroatoms. The Kier molecular flexibility index (Phi) is 10.3. The van der Waals surface area contributed by atoms with Crippen molar-refractivity contribution in [1.82, 2.24) is 0 Å². The highest BCUT2D eigenvalue weighted by Crippen LogP contribution is 2.41. The lowest BCUT2D eigenvalue weighted by Crippen LogP contribution is -2.25. The van der Waals surface area contributed by atoms with Crippen molar-refractivity contribution in [1.29, 1.82) is 0 Å². The van der Waals surface area contributed by atoms with E-state index in [9.17, 15) is 13.2 Å². The van der Waals surface area contributed by atoms with E-state index in [-0.39, 0.29) is 28.2 Å². The number of hydrogen-bond donors (Lipinski definition) is 0. The smallest absolute Gasteiger partial charge is 0.429 e. The molecule has 0 aliphatic heterocycles. The first-order valence-electron chi connectivity index (χ1n) is 15.2. The molecule has 5 rings (SSSR count). The molecule has 0 saturated heterocycles. The summed E-state index contributed by atoms with van der Waals surface area (Å²) in [5.74, 6) is -7.64. The first-order chi connectivity index (χ1) is 21.9. The molecule has 0 bridgehead atoms. The van der Waals surface area contributed by atoms with Gasteiger partial charge in [0.05, 0.1) is 0 Å². The molecule has 0 atom stereocenters. The third-order valence-corrected chi connectivity index (χ3v) is 9.01. The molecule has 0 radical (unpaired) electrons. The lowest BCUT2D eigenvalue weighted by molar-refractivity contribution is -0.189. The predicted molar refractivity (Wildman–Crippen MR) is 162 cm³/mol. The lowest BCUT2D eigenvalue weighted by atomic mass is 9.77. The number of unbranched alkanes of at least 4 members (excludes halogenated alkanes) is 2. The standard InChI is InChI=1S/C36H31ClF8O/c1-2-3-4-5-20-6-8-21(9-7-20)22-10-12-26(28(38)14-22)23-15-30(40)34(31(41)16-23)36(44,45)46-25-11-13-27(29(39)19-25)24-17-32(42)35(37)33(43)18-24/h10-21H,2-9H2,1H3. The van der Waals surface area contributed by atoms with Crippen LogP contribution in [0.15, 0.2) is 60.7 Å². The maximum atomic E-state index is 15.2. The summed E-state index contributed by atoms with van der Waals surface area (Å²) in [5.41, 5.74) is -2.04. The molecule has 46 heavy (non-hydrogen) atoms. The van der Waals surface area contributed by atoms with Gasteiger partial charge in [-0.2, -0.15) is 8.78 Å². The second-order valence-corrected chi connectivity index (χ2v) is 12.2. The second kappa shape index (κ2) is 14.0. The van der Waals surface area contributed by atoms with Crippen molar-refractivity contribution >= 4 is 11.6 Å². The van der Waals surface area contributed by atoms with Crippen molar-refractivity contribution in [2.45, 2.75) is 70.3 Å². The SMILES string of the molecule is CCCCCC1CCC(c2ccc(-c3cc(F)c(C(F)(F)Oc4ccc(-c5cc(F)c(Cl)c(F)c5)c(F)c4)c(F)c3)c(F)c2)CC1. The Morgan fingerprint density at radius 2 is 1.22 bits per heavy atom. The molecule has 1 aliphatic carbocycles. The predicted octanol–water partition coefficient (Wildman–Crippen LogP) is 12.5. The van der Waals surface area contributed by atoms with E-state index < -0.39 is 57.3 Å². The minimum Gasteiger partial charge on any atom is -0.429 e. The Morgan fingerprint density at radius 1 is 0.674 bits per heavy atom. The van der Waals surface area contributed by atoms with Gasteiger partial charge >= 0.3 is 6.11 Å². The van der Waals surface area contributed by atoms with Gasteiger partial charge in [-0.05, 0) is 96.7 Å². The van der Waals surface area contributed by atoms with Crippen LogP contribution in [0.3, 0.4) is 0 Å². The van der Waals surface area contributed by atoms with E-state index in [1.54, 1.807) is 6.07 Å². The fourth-order valence-electron chi connectivity index (χ4n) is 6.20. The highest BCUT2D eigenvalue weighted by molar-refractivity contribution is 6.31. The summed E-state index contributed by atoms with van der Waals surface area (Å²) in [5, 5.41) is -0.802. The first kappa shape index (κ1) is 33.8. The van der Waals surface area contributed by atoms with Gasteiger partial charge in [-0.25, -0.2) is 26.3 Å². The molecule has 0 amide bonds. The van der Waals surface area contributed by atoms with Gasteiger partial charge in [-0.3, -0.25) is 0 Å².